The van der Waals surface area contributed by atoms with E-state index in [-0.39, 0.29) is 37.8 Å². The van der Waals surface area contributed by atoms with Crippen LogP contribution in [-0.2, 0) is 69.0 Å². The average molecular weight is 1160 g/mol. The molecule has 11 nitrogen and oxygen atoms in total. The summed E-state index contributed by atoms with van der Waals surface area (Å²) in [5, 5.41) is 19.7. The molecular formula is C76H75NO10. The van der Waals surface area contributed by atoms with E-state index in [2.05, 4.69) is 62.4 Å². The molecule has 6 unspecified atom stereocenters. The number of hydrogen-bond acceptors (Lipinski definition) is 10. The van der Waals surface area contributed by atoms with Crippen molar-refractivity contribution >= 4 is 34.6 Å². The number of hydrogen-bond donors (Lipinski definition) is 2. The van der Waals surface area contributed by atoms with Crippen LogP contribution < -0.4 is 14.4 Å². The van der Waals surface area contributed by atoms with Crippen LogP contribution >= 0.6 is 0 Å². The van der Waals surface area contributed by atoms with Crippen LogP contribution in [0.15, 0.2) is 179 Å². The Morgan fingerprint density at radius 2 is 1.22 bits per heavy atom. The Morgan fingerprint density at radius 3 is 1.82 bits per heavy atom. The summed E-state index contributed by atoms with van der Waals surface area (Å²) in [5.74, 6) is -1.86. The van der Waals surface area contributed by atoms with Crippen molar-refractivity contribution in [2.45, 2.75) is 142 Å². The highest BCUT2D eigenvalue weighted by Gasteiger charge is 2.61. The van der Waals surface area contributed by atoms with Crippen molar-refractivity contribution in [2.24, 2.45) is 11.8 Å². The predicted molar refractivity (Wildman–Crippen MR) is 336 cm³/mol. The van der Waals surface area contributed by atoms with E-state index in [1.54, 1.807) is 0 Å². The highest BCUT2D eigenvalue weighted by Crippen LogP contribution is 2.66. The molecule has 0 saturated heterocycles. The highest BCUT2D eigenvalue weighted by atomic mass is 16.5. The Labute approximate surface area is 509 Å². The number of carbonyl (C=O) groups is 4. The van der Waals surface area contributed by atoms with Crippen molar-refractivity contribution < 1.29 is 48.3 Å². The van der Waals surface area contributed by atoms with Gasteiger partial charge in [0.1, 0.15) is 53.2 Å². The second kappa shape index (κ2) is 24.4. The highest BCUT2D eigenvalue weighted by molar-refractivity contribution is 6.32. The number of aliphatic hydroxyl groups excluding tert-OH is 2. The SMILES string of the molecule is CCc1cc(CCCO)cc(CC)c1C1C(=O)c2cc(COc3ccccc3)c3c4c2C(CC(Oc2ccccc2)=C4C2C(OC4=CCCC=C4)C=C4C(=O)N(c5c(CC)cc(CCCO)cc5CC)C(=O)C5=C4C2C3C(OC2=CCCC=C2)=C5)C1=O. The number of benzene rings is 5. The molecule has 6 atom stereocenters. The normalized spacial score (nSPS) is 22.3. The van der Waals surface area contributed by atoms with Crippen LogP contribution in [0.2, 0.25) is 0 Å². The molecule has 2 N–H and O–H groups in total. The van der Waals surface area contributed by atoms with E-state index in [4.69, 9.17) is 18.9 Å². The van der Waals surface area contributed by atoms with E-state index in [0.717, 1.165) is 81.3 Å². The average Bonchev–Trinajstić information content (AvgIpc) is 0.717. The predicted octanol–water partition coefficient (Wildman–Crippen LogP) is 14.1. The van der Waals surface area contributed by atoms with Gasteiger partial charge in [0.05, 0.1) is 17.5 Å². The summed E-state index contributed by atoms with van der Waals surface area (Å²) in [6, 6.07) is 29.6. The third-order valence-electron chi connectivity index (χ3n) is 19.0. The maximum absolute atomic E-state index is 16.3. The standard InChI is InChI=1S/C76H75NO10/c1-5-46-35-44(23-21-33-78)36-47(6-2)62(46)71-73(80)55-39-50(43-84-51-25-13-9-14-26-51)63-66-60(86-53-29-17-11-18-30-53)41-57-65-58(76(83)77(75(57)82)72-48(7-3)37-45(24-22-34-79)38-49(72)8-4)42-61(87-54-31-19-12-20-32-54)68(70(65)66)67-59(85-52-27-15-10-16-28-52)40-56(74(71)81)64(55)69(63)67/h9-10,13-17,19,25-32,35-39,41-42,56,61,66,68,70-71,78-79H,5-8,11-12,18,20-24,33-34,40,43H2,1-4H3. The first-order valence-electron chi connectivity index (χ1n) is 31.6. The molecule has 5 aromatic rings. The molecule has 7 aliphatic carbocycles. The number of carbonyl (C=O) groups excluding carboxylic acids is 4. The van der Waals surface area contributed by atoms with E-state index < -0.39 is 47.5 Å². The van der Waals surface area contributed by atoms with Crippen LogP contribution in [0.3, 0.4) is 0 Å². The van der Waals surface area contributed by atoms with Gasteiger partial charge in [-0.05, 0) is 211 Å². The van der Waals surface area contributed by atoms with Gasteiger partial charge in [0.2, 0.25) is 0 Å². The van der Waals surface area contributed by atoms with E-state index in [9.17, 15) is 10.2 Å². The number of anilines is 1. The van der Waals surface area contributed by atoms with Crippen molar-refractivity contribution in [3.05, 3.63) is 246 Å². The number of ketones is 2. The summed E-state index contributed by atoms with van der Waals surface area (Å²) in [4.78, 5) is 66.5. The molecule has 0 radical (unpaired) electrons. The van der Waals surface area contributed by atoms with E-state index in [0.29, 0.717) is 125 Å². The molecule has 1 heterocycles. The minimum atomic E-state index is -1.11. The first kappa shape index (κ1) is 57.7. The van der Waals surface area contributed by atoms with Crippen LogP contribution in [0, 0.1) is 11.8 Å². The molecule has 0 saturated carbocycles. The second-order valence-corrected chi connectivity index (χ2v) is 24.0. The first-order chi connectivity index (χ1) is 42.6. The molecule has 87 heavy (non-hydrogen) atoms. The summed E-state index contributed by atoms with van der Waals surface area (Å²) in [6.07, 6.45) is 23.4. The fourth-order valence-corrected chi connectivity index (χ4v) is 15.2. The molecule has 0 bridgehead atoms. The van der Waals surface area contributed by atoms with Crippen LogP contribution in [0.4, 0.5) is 5.69 Å². The number of Topliss-reactive ketones (excluding diaryl/α,β-unsaturated/α-hetero) is 2. The molecule has 5 aromatic carbocycles. The minimum Gasteiger partial charge on any atom is -0.489 e. The number of ether oxygens (including phenoxy) is 4. The summed E-state index contributed by atoms with van der Waals surface area (Å²) in [7, 11) is 0. The maximum atomic E-state index is 16.3. The zero-order chi connectivity index (χ0) is 60.0. The number of allylic oxidation sites excluding steroid dienone is 8. The van der Waals surface area contributed by atoms with Crippen molar-refractivity contribution in [1.29, 1.82) is 0 Å². The molecule has 0 spiro atoms. The number of imide groups is 1. The molecule has 1 aliphatic heterocycles. The molecule has 444 valence electrons. The quantitative estimate of drug-likeness (QED) is 0.0537. The second-order valence-electron chi connectivity index (χ2n) is 24.0. The molecule has 0 aromatic heterocycles. The lowest BCUT2D eigenvalue weighted by Crippen LogP contribution is -2.53. The fourth-order valence-electron chi connectivity index (χ4n) is 15.2. The van der Waals surface area contributed by atoms with Gasteiger partial charge in [-0.2, -0.15) is 0 Å². The molecule has 8 aliphatic rings. The third-order valence-corrected chi connectivity index (χ3v) is 19.0. The lowest BCUT2D eigenvalue weighted by atomic mass is 9.51. The fraction of sp³-hybridized carbons (Fsp3) is 0.342. The zero-order valence-corrected chi connectivity index (χ0v) is 50.2. The first-order valence-corrected chi connectivity index (χ1v) is 31.6. The van der Waals surface area contributed by atoms with Crippen molar-refractivity contribution in [3.8, 4) is 11.5 Å². The third kappa shape index (κ3) is 10.2. The summed E-state index contributed by atoms with van der Waals surface area (Å²) < 4.78 is 28.9. The Bertz CT molecular complexity index is 3850. The smallest absolute Gasteiger partial charge is 0.265 e. The monoisotopic (exact) mass is 1160 g/mol. The van der Waals surface area contributed by atoms with E-state index in [1.165, 1.54) is 4.90 Å². The Hall–Kier alpha value is -8.38. The van der Waals surface area contributed by atoms with E-state index in [1.807, 2.05) is 105 Å². The summed E-state index contributed by atoms with van der Waals surface area (Å²) >= 11 is 0. The number of fused-ring (bicyclic) bond motifs is 2. The summed E-state index contributed by atoms with van der Waals surface area (Å²) in [5.41, 5.74) is 12.5. The number of aryl methyl sites for hydroxylation is 6. The van der Waals surface area contributed by atoms with Gasteiger partial charge in [0, 0.05) is 53.8 Å². The molecular weight excluding hydrogens is 1090 g/mol. The van der Waals surface area contributed by atoms with Crippen LogP contribution in [0.25, 0.3) is 5.57 Å². The van der Waals surface area contributed by atoms with Gasteiger partial charge in [0.15, 0.2) is 11.6 Å². The van der Waals surface area contributed by atoms with E-state index >= 15 is 19.2 Å². The lowest BCUT2D eigenvalue weighted by molar-refractivity contribution is -0.124. The van der Waals surface area contributed by atoms with Gasteiger partial charge >= 0.3 is 0 Å². The van der Waals surface area contributed by atoms with Gasteiger partial charge in [-0.15, -0.1) is 0 Å². The molecule has 2 amide bonds. The molecule has 0 fully saturated rings. The molecule has 11 heteroatoms. The van der Waals surface area contributed by atoms with Gasteiger partial charge in [-0.3, -0.25) is 19.2 Å². The lowest BCUT2D eigenvalue weighted by Gasteiger charge is -2.54. The Balaban J connectivity index is 1.11. The van der Waals surface area contributed by atoms with Crippen LogP contribution in [0.5, 0.6) is 11.5 Å². The van der Waals surface area contributed by atoms with Crippen LogP contribution in [-0.4, -0.2) is 52.9 Å². The van der Waals surface area contributed by atoms with Gasteiger partial charge in [0.25, 0.3) is 11.8 Å². The van der Waals surface area contributed by atoms with Gasteiger partial charge in [-0.1, -0.05) is 101 Å². The zero-order valence-electron chi connectivity index (χ0n) is 50.2. The number of rotatable bonds is 21. The summed E-state index contributed by atoms with van der Waals surface area (Å²) in [6.45, 7) is 8.35. The minimum absolute atomic E-state index is 0.0216. The topological polar surface area (TPSA) is 149 Å². The number of nitrogens with zero attached hydrogens (tertiary/aromatic N) is 1. The van der Waals surface area contributed by atoms with Crippen molar-refractivity contribution in [3.63, 3.8) is 0 Å². The number of amides is 2. The maximum Gasteiger partial charge on any atom is 0.265 e. The Kier molecular flexibility index (Phi) is 16.2. The van der Waals surface area contributed by atoms with Gasteiger partial charge < -0.3 is 29.2 Å². The molecule has 13 rings (SSSR count). The van der Waals surface area contributed by atoms with Crippen molar-refractivity contribution in [2.75, 3.05) is 18.1 Å². The number of aliphatic hydroxyl groups is 2. The number of para-hydroxylation sites is 2. The Morgan fingerprint density at radius 1 is 0.609 bits per heavy atom. The van der Waals surface area contributed by atoms with Crippen molar-refractivity contribution in [1.82, 2.24) is 0 Å². The van der Waals surface area contributed by atoms with Crippen LogP contribution in [0.1, 0.15) is 162 Å². The largest absolute Gasteiger partial charge is 0.489 e. The van der Waals surface area contributed by atoms with Gasteiger partial charge in [-0.25, -0.2) is 4.90 Å².